The predicted octanol–water partition coefficient (Wildman–Crippen LogP) is 2.08. The number of phenols is 1. The first-order valence-corrected chi connectivity index (χ1v) is 5.31. The molecule has 0 aliphatic rings. The van der Waals surface area contributed by atoms with Crippen molar-refractivity contribution in [1.29, 1.82) is 0 Å². The van der Waals surface area contributed by atoms with Gasteiger partial charge in [0.25, 0.3) is 0 Å². The van der Waals surface area contributed by atoms with Crippen molar-refractivity contribution < 1.29 is 9.90 Å². The molecule has 0 fully saturated rings. The molecule has 5 nitrogen and oxygen atoms in total. The van der Waals surface area contributed by atoms with E-state index < -0.39 is 0 Å². The van der Waals surface area contributed by atoms with E-state index in [-0.39, 0.29) is 11.8 Å². The van der Waals surface area contributed by atoms with Crippen molar-refractivity contribution >= 4 is 11.7 Å². The number of phenolic OH excluding ortho intramolecular Hbond substituents is 1. The quantitative estimate of drug-likeness (QED) is 0.860. The van der Waals surface area contributed by atoms with Crippen LogP contribution < -0.4 is 4.90 Å². The van der Waals surface area contributed by atoms with Crippen LogP contribution in [0.4, 0.5) is 10.5 Å². The summed E-state index contributed by atoms with van der Waals surface area (Å²) in [6.07, 6.45) is 4.59. The number of imidazole rings is 1. The fourth-order valence-electron chi connectivity index (χ4n) is 1.60. The second-order valence-electron chi connectivity index (χ2n) is 3.52. The van der Waals surface area contributed by atoms with E-state index in [1.165, 1.54) is 10.9 Å². The molecule has 88 valence electrons. The van der Waals surface area contributed by atoms with E-state index in [2.05, 4.69) is 4.98 Å². The number of aromatic hydroxyl groups is 1. The van der Waals surface area contributed by atoms with Crippen molar-refractivity contribution in [2.24, 2.45) is 0 Å². The van der Waals surface area contributed by atoms with Gasteiger partial charge >= 0.3 is 6.03 Å². The van der Waals surface area contributed by atoms with Crippen LogP contribution in [0.25, 0.3) is 0 Å². The average Bonchev–Trinajstić information content (AvgIpc) is 2.83. The van der Waals surface area contributed by atoms with Crippen LogP contribution in [0.15, 0.2) is 43.0 Å². The van der Waals surface area contributed by atoms with E-state index in [9.17, 15) is 9.90 Å². The number of anilines is 1. The summed E-state index contributed by atoms with van der Waals surface area (Å²) >= 11 is 0. The summed E-state index contributed by atoms with van der Waals surface area (Å²) in [7, 11) is 0. The molecular weight excluding hydrogens is 218 g/mol. The smallest absolute Gasteiger partial charge is 0.333 e. The van der Waals surface area contributed by atoms with Crippen molar-refractivity contribution in [3.63, 3.8) is 0 Å². The summed E-state index contributed by atoms with van der Waals surface area (Å²) in [5, 5.41) is 9.41. The van der Waals surface area contributed by atoms with E-state index in [0.29, 0.717) is 12.2 Å². The molecule has 5 heteroatoms. The SMILES string of the molecule is CCN(C(=O)n1ccnc1)c1cccc(O)c1. The number of rotatable bonds is 2. The van der Waals surface area contributed by atoms with E-state index in [1.54, 1.807) is 41.6 Å². The Bertz CT molecular complexity index is 508. The molecule has 2 aromatic rings. The third-order valence-corrected chi connectivity index (χ3v) is 2.41. The van der Waals surface area contributed by atoms with E-state index in [0.717, 1.165) is 0 Å². The van der Waals surface area contributed by atoms with Gasteiger partial charge in [0.05, 0.1) is 0 Å². The number of carbonyl (C=O) groups excluding carboxylic acids is 1. The Labute approximate surface area is 98.9 Å². The molecule has 0 saturated carbocycles. The molecule has 0 spiro atoms. The van der Waals surface area contributed by atoms with Gasteiger partial charge in [0.15, 0.2) is 0 Å². The topological polar surface area (TPSA) is 58.4 Å². The maximum absolute atomic E-state index is 12.1. The van der Waals surface area contributed by atoms with Crippen molar-refractivity contribution in [2.45, 2.75) is 6.92 Å². The fourth-order valence-corrected chi connectivity index (χ4v) is 1.60. The first kappa shape index (κ1) is 11.2. The molecule has 0 atom stereocenters. The zero-order valence-electron chi connectivity index (χ0n) is 9.45. The Morgan fingerprint density at radius 3 is 2.94 bits per heavy atom. The van der Waals surface area contributed by atoms with Gasteiger partial charge in [0.1, 0.15) is 12.1 Å². The van der Waals surface area contributed by atoms with Gasteiger partial charge < -0.3 is 5.11 Å². The van der Waals surface area contributed by atoms with Gasteiger partial charge in [0.2, 0.25) is 0 Å². The minimum Gasteiger partial charge on any atom is -0.508 e. The monoisotopic (exact) mass is 231 g/mol. The van der Waals surface area contributed by atoms with Crippen LogP contribution >= 0.6 is 0 Å². The van der Waals surface area contributed by atoms with Gasteiger partial charge in [0, 0.05) is 30.7 Å². The van der Waals surface area contributed by atoms with Gasteiger partial charge in [-0.3, -0.25) is 9.47 Å². The Morgan fingerprint density at radius 1 is 1.53 bits per heavy atom. The Hall–Kier alpha value is -2.30. The molecule has 0 radical (unpaired) electrons. The average molecular weight is 231 g/mol. The molecule has 1 amide bonds. The summed E-state index contributed by atoms with van der Waals surface area (Å²) in [4.78, 5) is 17.5. The number of carbonyl (C=O) groups is 1. The van der Waals surface area contributed by atoms with Gasteiger partial charge in [-0.15, -0.1) is 0 Å². The van der Waals surface area contributed by atoms with Crippen LogP contribution in [0.3, 0.4) is 0 Å². The Morgan fingerprint density at radius 2 is 2.35 bits per heavy atom. The second kappa shape index (κ2) is 4.69. The zero-order valence-corrected chi connectivity index (χ0v) is 9.45. The number of nitrogens with zero attached hydrogens (tertiary/aromatic N) is 3. The number of aromatic nitrogens is 2. The first-order chi connectivity index (χ1) is 8.22. The summed E-state index contributed by atoms with van der Waals surface area (Å²) in [6.45, 7) is 2.39. The van der Waals surface area contributed by atoms with Gasteiger partial charge in [-0.1, -0.05) is 6.07 Å². The summed E-state index contributed by atoms with van der Waals surface area (Å²) < 4.78 is 1.40. The largest absolute Gasteiger partial charge is 0.508 e. The van der Waals surface area contributed by atoms with Crippen molar-refractivity contribution in [3.05, 3.63) is 43.0 Å². The van der Waals surface area contributed by atoms with Crippen LogP contribution in [-0.2, 0) is 0 Å². The van der Waals surface area contributed by atoms with E-state index >= 15 is 0 Å². The van der Waals surface area contributed by atoms with Crippen molar-refractivity contribution in [3.8, 4) is 5.75 Å². The second-order valence-corrected chi connectivity index (χ2v) is 3.52. The third kappa shape index (κ3) is 2.28. The number of hydrogen-bond donors (Lipinski definition) is 1. The summed E-state index contributed by atoms with van der Waals surface area (Å²) in [5.41, 5.74) is 0.659. The highest BCUT2D eigenvalue weighted by molar-refractivity contribution is 5.93. The summed E-state index contributed by atoms with van der Waals surface area (Å²) in [5.74, 6) is 0.138. The molecule has 0 saturated heterocycles. The molecule has 17 heavy (non-hydrogen) atoms. The molecule has 1 heterocycles. The van der Waals surface area contributed by atoms with E-state index in [1.807, 2.05) is 6.92 Å². The summed E-state index contributed by atoms with van der Waals surface area (Å²) in [6, 6.07) is 6.40. The molecule has 1 aromatic carbocycles. The molecule has 0 aliphatic carbocycles. The maximum Gasteiger partial charge on any atom is 0.333 e. The maximum atomic E-state index is 12.1. The normalized spacial score (nSPS) is 10.2. The highest BCUT2D eigenvalue weighted by Crippen LogP contribution is 2.20. The highest BCUT2D eigenvalue weighted by atomic mass is 16.3. The molecule has 0 aliphatic heterocycles. The molecule has 1 N–H and O–H groups in total. The van der Waals surface area contributed by atoms with E-state index in [4.69, 9.17) is 0 Å². The van der Waals surface area contributed by atoms with Crippen molar-refractivity contribution in [1.82, 2.24) is 9.55 Å². The lowest BCUT2D eigenvalue weighted by molar-refractivity contribution is 0.248. The predicted molar refractivity (Wildman–Crippen MR) is 64.1 cm³/mol. The van der Waals surface area contributed by atoms with Crippen LogP contribution in [-0.4, -0.2) is 27.2 Å². The molecular formula is C12H13N3O2. The van der Waals surface area contributed by atoms with Gasteiger partial charge in [-0.25, -0.2) is 9.78 Å². The van der Waals surface area contributed by atoms with Crippen LogP contribution in [0.1, 0.15) is 6.92 Å². The number of hydrogen-bond acceptors (Lipinski definition) is 3. The Kier molecular flexibility index (Phi) is 3.09. The first-order valence-electron chi connectivity index (χ1n) is 5.31. The van der Waals surface area contributed by atoms with Crippen LogP contribution in [0, 0.1) is 0 Å². The lowest BCUT2D eigenvalue weighted by Gasteiger charge is -2.20. The zero-order chi connectivity index (χ0) is 12.3. The standard InChI is InChI=1S/C12H13N3O2/c1-2-15(10-4-3-5-11(16)8-10)12(17)14-7-6-13-9-14/h3-9,16H,2H2,1H3. The fraction of sp³-hybridized carbons (Fsp3) is 0.167. The van der Waals surface area contributed by atoms with Crippen molar-refractivity contribution in [2.75, 3.05) is 11.4 Å². The lowest BCUT2D eigenvalue weighted by Crippen LogP contribution is -2.33. The van der Waals surface area contributed by atoms with Crippen LogP contribution in [0.2, 0.25) is 0 Å². The lowest BCUT2D eigenvalue weighted by atomic mass is 10.3. The number of amides is 1. The minimum absolute atomic E-state index is 0.138. The minimum atomic E-state index is -0.199. The Balaban J connectivity index is 2.31. The van der Waals surface area contributed by atoms with Gasteiger partial charge in [-0.05, 0) is 19.1 Å². The molecule has 0 unspecified atom stereocenters. The molecule has 1 aromatic heterocycles. The molecule has 2 rings (SSSR count). The van der Waals surface area contributed by atoms with Crippen LogP contribution in [0.5, 0.6) is 5.75 Å². The third-order valence-electron chi connectivity index (χ3n) is 2.41. The molecule has 0 bridgehead atoms. The van der Waals surface area contributed by atoms with Gasteiger partial charge in [-0.2, -0.15) is 0 Å². The highest BCUT2D eigenvalue weighted by Gasteiger charge is 2.15. The number of benzene rings is 1.